The fraction of sp³-hybridized carbons (Fsp3) is 0.238. The molecule has 2 aromatic heterocycles. The van der Waals surface area contributed by atoms with Crippen LogP contribution in [-0.2, 0) is 20.9 Å². The lowest BCUT2D eigenvalue weighted by molar-refractivity contribution is -0.159. The number of aliphatic carboxylic acids is 2. The Morgan fingerprint density at radius 2 is 1.74 bits per heavy atom. The molecule has 10 heteroatoms. The first-order valence-corrected chi connectivity index (χ1v) is 9.55. The van der Waals surface area contributed by atoms with E-state index in [0.29, 0.717) is 5.76 Å². The van der Waals surface area contributed by atoms with Crippen LogP contribution >= 0.6 is 0 Å². The standard InChI is InChI=1S/C19H20N4O2.C2H2O4/c24-19(8-7-15-4-3-13-25-15)23-11-9-22(10-12-23)14-18-20-16-5-1-2-6-17(16)21-18;3-1(4)2(5)6/h1-8,13H,9-12,14H2,(H,20,21);(H,3,4)(H,5,6)/b8-7+;. The summed E-state index contributed by atoms with van der Waals surface area (Å²) in [5.74, 6) is -1.96. The van der Waals surface area contributed by atoms with Crippen LogP contribution in [0.4, 0.5) is 0 Å². The lowest BCUT2D eigenvalue weighted by atomic mass is 10.3. The summed E-state index contributed by atoms with van der Waals surface area (Å²) in [6.45, 7) is 3.91. The number of benzene rings is 1. The van der Waals surface area contributed by atoms with Crippen LogP contribution in [0.15, 0.2) is 53.2 Å². The third-order valence-corrected chi connectivity index (χ3v) is 4.61. The predicted molar refractivity (Wildman–Crippen MR) is 111 cm³/mol. The molecule has 0 atom stereocenters. The first kappa shape index (κ1) is 21.8. The van der Waals surface area contributed by atoms with E-state index in [-0.39, 0.29) is 5.91 Å². The smallest absolute Gasteiger partial charge is 0.414 e. The highest BCUT2D eigenvalue weighted by molar-refractivity contribution is 6.27. The molecule has 0 saturated carbocycles. The van der Waals surface area contributed by atoms with Crippen molar-refractivity contribution in [2.75, 3.05) is 26.2 Å². The summed E-state index contributed by atoms with van der Waals surface area (Å²) in [6.07, 6.45) is 4.89. The van der Waals surface area contributed by atoms with Gasteiger partial charge in [-0.3, -0.25) is 9.69 Å². The molecular formula is C21H22N4O6. The second kappa shape index (κ2) is 10.2. The quantitative estimate of drug-likeness (QED) is 0.423. The lowest BCUT2D eigenvalue weighted by Gasteiger charge is -2.33. The van der Waals surface area contributed by atoms with E-state index in [1.807, 2.05) is 35.2 Å². The van der Waals surface area contributed by atoms with Crippen LogP contribution in [0.5, 0.6) is 0 Å². The van der Waals surface area contributed by atoms with Gasteiger partial charge >= 0.3 is 11.9 Å². The molecule has 1 fully saturated rings. The van der Waals surface area contributed by atoms with E-state index in [1.54, 1.807) is 24.5 Å². The number of aromatic amines is 1. The number of H-pyrrole nitrogens is 1. The van der Waals surface area contributed by atoms with E-state index in [2.05, 4.69) is 14.9 Å². The Hall–Kier alpha value is -3.92. The Morgan fingerprint density at radius 1 is 1.03 bits per heavy atom. The van der Waals surface area contributed by atoms with Crippen molar-refractivity contribution in [1.82, 2.24) is 19.8 Å². The van der Waals surface area contributed by atoms with Gasteiger partial charge in [0.2, 0.25) is 5.91 Å². The Morgan fingerprint density at radius 3 is 2.35 bits per heavy atom. The Balaban J connectivity index is 0.000000401. The largest absolute Gasteiger partial charge is 0.473 e. The number of aromatic nitrogens is 2. The van der Waals surface area contributed by atoms with Crippen LogP contribution in [0.2, 0.25) is 0 Å². The van der Waals surface area contributed by atoms with Crippen molar-refractivity contribution in [3.05, 3.63) is 60.3 Å². The van der Waals surface area contributed by atoms with Crippen LogP contribution < -0.4 is 0 Å². The van der Waals surface area contributed by atoms with E-state index in [0.717, 1.165) is 49.6 Å². The molecule has 1 aliphatic heterocycles. The number of piperazine rings is 1. The maximum atomic E-state index is 12.2. The molecule has 0 bridgehead atoms. The van der Waals surface area contributed by atoms with E-state index in [4.69, 9.17) is 24.2 Å². The number of nitrogens with zero attached hydrogens (tertiary/aromatic N) is 3. The summed E-state index contributed by atoms with van der Waals surface area (Å²) >= 11 is 0. The molecule has 0 aliphatic carbocycles. The molecule has 31 heavy (non-hydrogen) atoms. The van der Waals surface area contributed by atoms with Crippen LogP contribution in [-0.4, -0.2) is 74.0 Å². The first-order valence-electron chi connectivity index (χ1n) is 9.55. The molecule has 0 radical (unpaired) electrons. The highest BCUT2D eigenvalue weighted by Gasteiger charge is 2.20. The molecule has 162 valence electrons. The zero-order valence-electron chi connectivity index (χ0n) is 16.6. The van der Waals surface area contributed by atoms with Crippen molar-refractivity contribution in [2.45, 2.75) is 6.54 Å². The average molecular weight is 426 g/mol. The Labute approximate surface area is 177 Å². The van der Waals surface area contributed by atoms with Crippen LogP contribution in [0.1, 0.15) is 11.6 Å². The third kappa shape index (κ3) is 6.28. The van der Waals surface area contributed by atoms with Gasteiger partial charge in [0, 0.05) is 32.3 Å². The number of carboxylic acid groups (broad SMARTS) is 2. The summed E-state index contributed by atoms with van der Waals surface area (Å²) in [6, 6.07) is 11.7. The maximum absolute atomic E-state index is 12.2. The highest BCUT2D eigenvalue weighted by Crippen LogP contribution is 2.13. The molecule has 1 saturated heterocycles. The summed E-state index contributed by atoms with van der Waals surface area (Å²) in [5, 5.41) is 14.8. The van der Waals surface area contributed by atoms with Crippen molar-refractivity contribution in [3.8, 4) is 0 Å². The van der Waals surface area contributed by atoms with Gasteiger partial charge in [-0.2, -0.15) is 0 Å². The second-order valence-corrected chi connectivity index (χ2v) is 6.76. The van der Waals surface area contributed by atoms with Gasteiger partial charge in [0.1, 0.15) is 11.6 Å². The molecule has 1 amide bonds. The number of furan rings is 1. The van der Waals surface area contributed by atoms with Crippen LogP contribution in [0, 0.1) is 0 Å². The normalized spacial score (nSPS) is 14.4. The van der Waals surface area contributed by atoms with Gasteiger partial charge in [-0.05, 0) is 30.3 Å². The summed E-state index contributed by atoms with van der Waals surface area (Å²) in [4.78, 5) is 42.6. The van der Waals surface area contributed by atoms with E-state index >= 15 is 0 Å². The minimum atomic E-state index is -1.82. The van der Waals surface area contributed by atoms with Gasteiger partial charge in [-0.25, -0.2) is 14.6 Å². The van der Waals surface area contributed by atoms with Crippen molar-refractivity contribution >= 4 is 35.0 Å². The van der Waals surface area contributed by atoms with Gasteiger partial charge in [0.25, 0.3) is 0 Å². The molecule has 3 aromatic rings. The number of nitrogens with one attached hydrogen (secondary N) is 1. The van der Waals surface area contributed by atoms with Gasteiger partial charge in [-0.1, -0.05) is 12.1 Å². The zero-order valence-corrected chi connectivity index (χ0v) is 16.6. The van der Waals surface area contributed by atoms with Crippen molar-refractivity contribution in [2.24, 2.45) is 0 Å². The molecule has 10 nitrogen and oxygen atoms in total. The summed E-state index contributed by atoms with van der Waals surface area (Å²) in [5.41, 5.74) is 2.06. The van der Waals surface area contributed by atoms with Crippen molar-refractivity contribution in [3.63, 3.8) is 0 Å². The number of hydrogen-bond acceptors (Lipinski definition) is 6. The number of carboxylic acids is 2. The first-order chi connectivity index (χ1) is 14.9. The van der Waals surface area contributed by atoms with Gasteiger partial charge in [0.05, 0.1) is 23.8 Å². The number of fused-ring (bicyclic) bond motifs is 1. The lowest BCUT2D eigenvalue weighted by Crippen LogP contribution is -2.47. The Bertz CT molecular complexity index is 1020. The molecule has 0 unspecified atom stereocenters. The number of amides is 1. The molecule has 4 rings (SSSR count). The second-order valence-electron chi connectivity index (χ2n) is 6.76. The molecular weight excluding hydrogens is 404 g/mol. The topological polar surface area (TPSA) is 140 Å². The average Bonchev–Trinajstić information content (AvgIpc) is 3.42. The molecule has 3 heterocycles. The van der Waals surface area contributed by atoms with Crippen LogP contribution in [0.25, 0.3) is 17.1 Å². The molecule has 0 spiro atoms. The van der Waals surface area contributed by atoms with Gasteiger partial charge in [-0.15, -0.1) is 0 Å². The number of para-hydroxylation sites is 2. The minimum Gasteiger partial charge on any atom is -0.473 e. The third-order valence-electron chi connectivity index (χ3n) is 4.61. The monoisotopic (exact) mass is 426 g/mol. The highest BCUT2D eigenvalue weighted by atomic mass is 16.4. The van der Waals surface area contributed by atoms with E-state index in [1.165, 1.54) is 0 Å². The fourth-order valence-electron chi connectivity index (χ4n) is 3.06. The number of carbonyl (C=O) groups is 3. The zero-order chi connectivity index (χ0) is 22.2. The number of imidazole rings is 1. The van der Waals surface area contributed by atoms with Gasteiger partial charge < -0.3 is 24.5 Å². The number of carbonyl (C=O) groups excluding carboxylic acids is 1. The molecule has 3 N–H and O–H groups in total. The van der Waals surface area contributed by atoms with Crippen molar-refractivity contribution in [1.29, 1.82) is 0 Å². The molecule has 1 aromatic carbocycles. The predicted octanol–water partition coefficient (Wildman–Crippen LogP) is 1.67. The van der Waals surface area contributed by atoms with Crippen LogP contribution in [0.3, 0.4) is 0 Å². The number of rotatable bonds is 4. The van der Waals surface area contributed by atoms with E-state index in [9.17, 15) is 4.79 Å². The Kier molecular flexibility index (Phi) is 7.17. The SMILES string of the molecule is O=C(/C=C/c1ccco1)N1CCN(Cc2nc3ccccc3[nH]2)CC1.O=C(O)C(=O)O. The summed E-state index contributed by atoms with van der Waals surface area (Å²) in [7, 11) is 0. The van der Waals surface area contributed by atoms with Gasteiger partial charge in [0.15, 0.2) is 0 Å². The van der Waals surface area contributed by atoms with E-state index < -0.39 is 11.9 Å². The molecule has 1 aliphatic rings. The summed E-state index contributed by atoms with van der Waals surface area (Å²) < 4.78 is 5.20. The van der Waals surface area contributed by atoms with Crippen molar-refractivity contribution < 1.29 is 29.0 Å². The fourth-order valence-corrected chi connectivity index (χ4v) is 3.06. The number of hydrogen-bond donors (Lipinski definition) is 3. The minimum absolute atomic E-state index is 0.0276. The maximum Gasteiger partial charge on any atom is 0.414 e.